The minimum Gasteiger partial charge on any atom is -0.452 e. The van der Waals surface area contributed by atoms with E-state index in [9.17, 15) is 9.59 Å². The van der Waals surface area contributed by atoms with Crippen molar-refractivity contribution >= 4 is 29.2 Å². The topological polar surface area (TPSA) is 81.4 Å². The van der Waals surface area contributed by atoms with E-state index in [1.54, 1.807) is 0 Å². The number of hydrogen-bond acceptors (Lipinski definition) is 4. The highest BCUT2D eigenvalue weighted by Crippen LogP contribution is 2.18. The fourth-order valence-electron chi connectivity index (χ4n) is 1.97. The van der Waals surface area contributed by atoms with E-state index in [-0.39, 0.29) is 23.8 Å². The van der Waals surface area contributed by atoms with Crippen LogP contribution in [0.2, 0.25) is 5.02 Å². The highest BCUT2D eigenvalue weighted by molar-refractivity contribution is 6.31. The van der Waals surface area contributed by atoms with Crippen molar-refractivity contribution in [2.24, 2.45) is 0 Å². The fraction of sp³-hybridized carbons (Fsp3) is 0.176. The standard InChI is InChI=1S/C17H17ClN2O3/c18-13-6-7-14(15(19)10-13)17(22)23-11-16(21)20-9-8-12-4-2-1-3-5-12/h1-7,10H,8-9,11,19H2,(H,20,21). The van der Waals surface area contributed by atoms with E-state index in [0.29, 0.717) is 18.0 Å². The van der Waals surface area contributed by atoms with Crippen LogP contribution in [-0.4, -0.2) is 25.0 Å². The molecular weight excluding hydrogens is 316 g/mol. The average molecular weight is 333 g/mol. The van der Waals surface area contributed by atoms with E-state index < -0.39 is 5.97 Å². The van der Waals surface area contributed by atoms with Gasteiger partial charge in [0.25, 0.3) is 5.91 Å². The van der Waals surface area contributed by atoms with Gasteiger partial charge in [0.2, 0.25) is 0 Å². The van der Waals surface area contributed by atoms with Crippen LogP contribution in [0.25, 0.3) is 0 Å². The third-order valence-corrected chi connectivity index (χ3v) is 3.38. The molecule has 6 heteroatoms. The normalized spacial score (nSPS) is 10.1. The molecule has 2 aromatic rings. The number of ether oxygens (including phenoxy) is 1. The Hall–Kier alpha value is -2.53. The van der Waals surface area contributed by atoms with Gasteiger partial charge in [0, 0.05) is 17.3 Å². The zero-order valence-electron chi connectivity index (χ0n) is 12.4. The Kier molecular flexibility index (Phi) is 6.00. The van der Waals surface area contributed by atoms with E-state index in [2.05, 4.69) is 5.32 Å². The molecular formula is C17H17ClN2O3. The van der Waals surface area contributed by atoms with Gasteiger partial charge in [-0.15, -0.1) is 0 Å². The monoisotopic (exact) mass is 332 g/mol. The molecule has 0 atom stereocenters. The molecule has 0 heterocycles. The Bertz CT molecular complexity index is 689. The maximum Gasteiger partial charge on any atom is 0.340 e. The first kappa shape index (κ1) is 16.8. The number of anilines is 1. The summed E-state index contributed by atoms with van der Waals surface area (Å²) in [6.07, 6.45) is 0.713. The molecule has 0 aromatic heterocycles. The van der Waals surface area contributed by atoms with Gasteiger partial charge in [0.15, 0.2) is 6.61 Å². The van der Waals surface area contributed by atoms with Gasteiger partial charge in [0.1, 0.15) is 0 Å². The molecule has 23 heavy (non-hydrogen) atoms. The Labute approximate surface area is 139 Å². The Morgan fingerprint density at radius 1 is 1.13 bits per heavy atom. The van der Waals surface area contributed by atoms with Gasteiger partial charge >= 0.3 is 5.97 Å². The van der Waals surface area contributed by atoms with Crippen LogP contribution in [0.4, 0.5) is 5.69 Å². The number of carbonyl (C=O) groups excluding carboxylic acids is 2. The van der Waals surface area contributed by atoms with E-state index in [1.807, 2.05) is 30.3 Å². The molecule has 0 spiro atoms. The molecule has 120 valence electrons. The summed E-state index contributed by atoms with van der Waals surface area (Å²) in [5.74, 6) is -1.01. The van der Waals surface area contributed by atoms with Crippen molar-refractivity contribution in [2.45, 2.75) is 6.42 Å². The van der Waals surface area contributed by atoms with Crippen LogP contribution in [0.1, 0.15) is 15.9 Å². The van der Waals surface area contributed by atoms with Gasteiger partial charge in [-0.25, -0.2) is 4.79 Å². The lowest BCUT2D eigenvalue weighted by Crippen LogP contribution is -2.30. The second kappa shape index (κ2) is 8.19. The number of hydrogen-bond donors (Lipinski definition) is 2. The van der Waals surface area contributed by atoms with Crippen molar-refractivity contribution in [3.63, 3.8) is 0 Å². The Morgan fingerprint density at radius 2 is 1.87 bits per heavy atom. The highest BCUT2D eigenvalue weighted by Gasteiger charge is 2.13. The van der Waals surface area contributed by atoms with Gasteiger partial charge in [-0.2, -0.15) is 0 Å². The molecule has 0 aliphatic heterocycles. The average Bonchev–Trinajstić information content (AvgIpc) is 2.53. The number of nitrogens with one attached hydrogen (secondary N) is 1. The summed E-state index contributed by atoms with van der Waals surface area (Å²) >= 11 is 5.76. The number of esters is 1. The third-order valence-electron chi connectivity index (χ3n) is 3.15. The van der Waals surface area contributed by atoms with Gasteiger partial charge in [0.05, 0.1) is 5.56 Å². The zero-order valence-corrected chi connectivity index (χ0v) is 13.2. The Balaban J connectivity index is 1.74. The van der Waals surface area contributed by atoms with Gasteiger partial charge in [-0.1, -0.05) is 41.9 Å². The summed E-state index contributed by atoms with van der Waals surface area (Å²) in [5.41, 5.74) is 7.21. The minimum atomic E-state index is -0.655. The van der Waals surface area contributed by atoms with E-state index in [1.165, 1.54) is 18.2 Å². The number of rotatable bonds is 6. The summed E-state index contributed by atoms with van der Waals surface area (Å²) in [5, 5.41) is 3.12. The summed E-state index contributed by atoms with van der Waals surface area (Å²) in [7, 11) is 0. The SMILES string of the molecule is Nc1cc(Cl)ccc1C(=O)OCC(=O)NCCc1ccccc1. The zero-order chi connectivity index (χ0) is 16.7. The molecule has 0 bridgehead atoms. The second-order valence-corrected chi connectivity index (χ2v) is 5.33. The fourth-order valence-corrected chi connectivity index (χ4v) is 2.15. The second-order valence-electron chi connectivity index (χ2n) is 4.89. The minimum absolute atomic E-state index is 0.187. The van der Waals surface area contributed by atoms with E-state index in [0.717, 1.165) is 5.56 Å². The van der Waals surface area contributed by atoms with Crippen LogP contribution in [0.15, 0.2) is 48.5 Å². The number of amides is 1. The number of nitrogens with two attached hydrogens (primary N) is 1. The van der Waals surface area contributed by atoms with Gasteiger partial charge in [-0.05, 0) is 30.2 Å². The van der Waals surface area contributed by atoms with Crippen molar-refractivity contribution in [1.82, 2.24) is 5.32 Å². The molecule has 1 amide bonds. The third kappa shape index (κ3) is 5.30. The molecule has 2 rings (SSSR count). The molecule has 0 saturated carbocycles. The Morgan fingerprint density at radius 3 is 2.57 bits per heavy atom. The number of halogens is 1. The maximum absolute atomic E-state index is 11.9. The smallest absolute Gasteiger partial charge is 0.340 e. The van der Waals surface area contributed by atoms with Crippen molar-refractivity contribution in [3.8, 4) is 0 Å². The predicted octanol–water partition coefficient (Wildman–Crippen LogP) is 2.44. The quantitative estimate of drug-likeness (QED) is 0.629. The molecule has 0 radical (unpaired) electrons. The summed E-state index contributed by atoms with van der Waals surface area (Å²) < 4.78 is 4.94. The van der Waals surface area contributed by atoms with Crippen LogP contribution >= 0.6 is 11.6 Å². The maximum atomic E-state index is 11.9. The van der Waals surface area contributed by atoms with E-state index >= 15 is 0 Å². The molecule has 0 saturated heterocycles. The molecule has 0 aliphatic carbocycles. The van der Waals surface area contributed by atoms with Crippen molar-refractivity contribution in [3.05, 3.63) is 64.7 Å². The molecule has 3 N–H and O–H groups in total. The first-order valence-electron chi connectivity index (χ1n) is 7.09. The predicted molar refractivity (Wildman–Crippen MR) is 89.3 cm³/mol. The summed E-state index contributed by atoms with van der Waals surface area (Å²) in [6, 6.07) is 14.2. The summed E-state index contributed by atoms with van der Waals surface area (Å²) in [4.78, 5) is 23.5. The largest absolute Gasteiger partial charge is 0.452 e. The van der Waals surface area contributed by atoms with Gasteiger partial charge < -0.3 is 15.8 Å². The number of carbonyl (C=O) groups is 2. The number of nitrogen functional groups attached to an aromatic ring is 1. The lowest BCUT2D eigenvalue weighted by Gasteiger charge is -2.08. The van der Waals surface area contributed by atoms with Gasteiger partial charge in [-0.3, -0.25) is 4.79 Å². The summed E-state index contributed by atoms with van der Waals surface area (Å²) in [6.45, 7) is 0.124. The molecule has 0 fully saturated rings. The van der Waals surface area contributed by atoms with Crippen LogP contribution in [0, 0.1) is 0 Å². The van der Waals surface area contributed by atoms with Crippen molar-refractivity contribution in [1.29, 1.82) is 0 Å². The molecule has 0 unspecified atom stereocenters. The van der Waals surface area contributed by atoms with Crippen LogP contribution in [0.3, 0.4) is 0 Å². The van der Waals surface area contributed by atoms with E-state index in [4.69, 9.17) is 22.1 Å². The lowest BCUT2D eigenvalue weighted by molar-refractivity contribution is -0.124. The van der Waals surface area contributed by atoms with Crippen molar-refractivity contribution in [2.75, 3.05) is 18.9 Å². The number of benzene rings is 2. The van der Waals surface area contributed by atoms with Crippen molar-refractivity contribution < 1.29 is 14.3 Å². The molecule has 0 aliphatic rings. The van der Waals surface area contributed by atoms with Crippen LogP contribution in [0.5, 0.6) is 0 Å². The van der Waals surface area contributed by atoms with Crippen LogP contribution < -0.4 is 11.1 Å². The lowest BCUT2D eigenvalue weighted by atomic mass is 10.1. The molecule has 2 aromatic carbocycles. The van der Waals surface area contributed by atoms with Crippen LogP contribution in [-0.2, 0) is 16.0 Å². The first-order chi connectivity index (χ1) is 11.1. The highest BCUT2D eigenvalue weighted by atomic mass is 35.5. The first-order valence-corrected chi connectivity index (χ1v) is 7.47. The molecule has 5 nitrogen and oxygen atoms in total.